The molecule has 3 rings (SSSR count). The molecule has 0 heterocycles. The molecule has 0 radical (unpaired) electrons. The Hall–Kier alpha value is -2.32. The third kappa shape index (κ3) is 4.64. The lowest BCUT2D eigenvalue weighted by molar-refractivity contribution is 0.133. The minimum atomic E-state index is -0.855. The first-order chi connectivity index (χ1) is 12.5. The van der Waals surface area contributed by atoms with Crippen LogP contribution in [-0.4, -0.2) is 17.8 Å². The minimum Gasteiger partial charge on any atom is -0.497 e. The average molecular weight is 348 g/mol. The van der Waals surface area contributed by atoms with E-state index in [2.05, 4.69) is 48.5 Å². The van der Waals surface area contributed by atoms with Gasteiger partial charge in [-0.2, -0.15) is 0 Å². The van der Waals surface area contributed by atoms with E-state index in [0.29, 0.717) is 5.92 Å². The van der Waals surface area contributed by atoms with E-state index in [-0.39, 0.29) is 0 Å². The summed E-state index contributed by atoms with van der Waals surface area (Å²) in [4.78, 5) is 0. The molecule has 2 heteroatoms. The van der Waals surface area contributed by atoms with Crippen LogP contribution < -0.4 is 4.74 Å². The molecule has 0 amide bonds. The summed E-state index contributed by atoms with van der Waals surface area (Å²) in [5.41, 5.74) is 4.14. The molecule has 1 aliphatic rings. The molecule has 1 unspecified atom stereocenters. The molecule has 0 aliphatic heterocycles. The van der Waals surface area contributed by atoms with Gasteiger partial charge in [-0.25, -0.2) is 0 Å². The van der Waals surface area contributed by atoms with E-state index in [1.807, 2.05) is 32.1 Å². The number of ether oxygens (including phenoxy) is 1. The van der Waals surface area contributed by atoms with Crippen molar-refractivity contribution in [1.29, 1.82) is 0 Å². The predicted octanol–water partition coefficient (Wildman–Crippen LogP) is 5.74. The summed E-state index contributed by atoms with van der Waals surface area (Å²) in [6.45, 7) is 3.65. The minimum absolute atomic E-state index is 0.583. The second-order valence-electron chi connectivity index (χ2n) is 7.55. The van der Waals surface area contributed by atoms with Gasteiger partial charge in [0.1, 0.15) is 5.75 Å². The number of benzene rings is 2. The fourth-order valence-corrected chi connectivity index (χ4v) is 3.59. The lowest BCUT2D eigenvalue weighted by Gasteiger charge is -2.25. The normalized spacial score (nSPS) is 18.4. The highest BCUT2D eigenvalue weighted by molar-refractivity contribution is 5.80. The molecule has 2 aromatic carbocycles. The summed E-state index contributed by atoms with van der Waals surface area (Å²) in [7, 11) is 1.68. The van der Waals surface area contributed by atoms with Crippen LogP contribution in [0.4, 0.5) is 0 Å². The van der Waals surface area contributed by atoms with Gasteiger partial charge in [0, 0.05) is 0 Å². The number of rotatable bonds is 5. The van der Waals surface area contributed by atoms with Crippen molar-refractivity contribution >= 4 is 5.57 Å². The molecule has 2 aromatic rings. The van der Waals surface area contributed by atoms with Gasteiger partial charge in [0.05, 0.1) is 12.7 Å². The Morgan fingerprint density at radius 3 is 2.31 bits per heavy atom. The molecule has 0 spiro atoms. The quantitative estimate of drug-likeness (QED) is 0.746. The zero-order valence-corrected chi connectivity index (χ0v) is 15.9. The summed E-state index contributed by atoms with van der Waals surface area (Å²) >= 11 is 0. The van der Waals surface area contributed by atoms with Crippen molar-refractivity contribution in [2.45, 2.75) is 44.6 Å². The fourth-order valence-electron chi connectivity index (χ4n) is 3.59. The van der Waals surface area contributed by atoms with Crippen molar-refractivity contribution in [3.8, 4) is 5.75 Å². The number of aliphatic hydroxyl groups is 1. The van der Waals surface area contributed by atoms with Crippen LogP contribution >= 0.6 is 0 Å². The lowest BCUT2D eigenvalue weighted by atomic mass is 9.80. The Balaban J connectivity index is 1.88. The third-order valence-corrected chi connectivity index (χ3v) is 4.93. The summed E-state index contributed by atoms with van der Waals surface area (Å²) < 4.78 is 5.27. The van der Waals surface area contributed by atoms with Crippen molar-refractivity contribution in [2.24, 2.45) is 0 Å². The predicted molar refractivity (Wildman–Crippen MR) is 108 cm³/mol. The third-order valence-electron chi connectivity index (χ3n) is 4.93. The molecule has 0 fully saturated rings. The van der Waals surface area contributed by atoms with Gasteiger partial charge in [0.15, 0.2) is 0 Å². The molecule has 136 valence electrons. The van der Waals surface area contributed by atoms with E-state index in [0.717, 1.165) is 36.1 Å². The Labute approximate surface area is 156 Å². The largest absolute Gasteiger partial charge is 0.497 e. The number of methoxy groups -OCH3 is 1. The summed E-state index contributed by atoms with van der Waals surface area (Å²) in [5, 5.41) is 10.4. The van der Waals surface area contributed by atoms with Crippen molar-refractivity contribution in [1.82, 2.24) is 0 Å². The molecular weight excluding hydrogens is 320 g/mol. The zero-order valence-electron chi connectivity index (χ0n) is 15.9. The van der Waals surface area contributed by atoms with Gasteiger partial charge in [0.25, 0.3) is 0 Å². The summed E-state index contributed by atoms with van der Waals surface area (Å²) in [6.07, 6.45) is 7.52. The van der Waals surface area contributed by atoms with Crippen LogP contribution in [0, 0.1) is 0 Å². The van der Waals surface area contributed by atoms with Crippen molar-refractivity contribution < 1.29 is 9.84 Å². The maximum absolute atomic E-state index is 10.4. The molecule has 0 saturated carbocycles. The fraction of sp³-hybridized carbons (Fsp3) is 0.333. The SMILES string of the molecule is COc1ccc(/C(=C/C(C)(C)O)C2=CCC(c3ccccc3)CC2)cc1. The second kappa shape index (κ2) is 7.92. The van der Waals surface area contributed by atoms with Gasteiger partial charge >= 0.3 is 0 Å². The Morgan fingerprint density at radius 2 is 1.77 bits per heavy atom. The van der Waals surface area contributed by atoms with Crippen LogP contribution in [-0.2, 0) is 0 Å². The van der Waals surface area contributed by atoms with E-state index < -0.39 is 5.60 Å². The first kappa shape index (κ1) is 18.5. The van der Waals surface area contributed by atoms with E-state index in [1.54, 1.807) is 7.11 Å². The van der Waals surface area contributed by atoms with Gasteiger partial charge < -0.3 is 9.84 Å². The van der Waals surface area contributed by atoms with E-state index in [9.17, 15) is 5.11 Å². The molecule has 0 aromatic heterocycles. The summed E-state index contributed by atoms with van der Waals surface area (Å²) in [6, 6.07) is 18.8. The maximum atomic E-state index is 10.4. The first-order valence-electron chi connectivity index (χ1n) is 9.30. The topological polar surface area (TPSA) is 29.5 Å². The number of hydrogen-bond donors (Lipinski definition) is 1. The highest BCUT2D eigenvalue weighted by atomic mass is 16.5. The van der Waals surface area contributed by atoms with Crippen molar-refractivity contribution in [3.05, 3.63) is 83.4 Å². The van der Waals surface area contributed by atoms with Crippen LogP contribution in [0.1, 0.15) is 50.2 Å². The molecular formula is C24H28O2. The van der Waals surface area contributed by atoms with Crippen molar-refractivity contribution in [2.75, 3.05) is 7.11 Å². The molecule has 1 N–H and O–H groups in total. The van der Waals surface area contributed by atoms with E-state index >= 15 is 0 Å². The molecule has 0 saturated heterocycles. The Kier molecular flexibility index (Phi) is 5.63. The van der Waals surface area contributed by atoms with Gasteiger partial charge in [-0.05, 0) is 79.5 Å². The zero-order chi connectivity index (χ0) is 18.6. The van der Waals surface area contributed by atoms with Gasteiger partial charge in [-0.3, -0.25) is 0 Å². The molecule has 0 bridgehead atoms. The van der Waals surface area contributed by atoms with Crippen LogP contribution in [0.2, 0.25) is 0 Å². The standard InChI is InChI=1S/C24H28O2/c1-24(2,25)17-23(21-13-15-22(26-3)16-14-21)20-11-9-19(10-12-20)18-7-5-4-6-8-18/h4-8,11,13-17,19,25H,9-10,12H2,1-3H3/b23-17+. The van der Waals surface area contributed by atoms with Crippen LogP contribution in [0.5, 0.6) is 5.75 Å². The van der Waals surface area contributed by atoms with Crippen LogP contribution in [0.15, 0.2) is 72.3 Å². The number of allylic oxidation sites excluding steroid dienone is 3. The van der Waals surface area contributed by atoms with E-state index in [1.165, 1.54) is 11.1 Å². The van der Waals surface area contributed by atoms with Gasteiger partial charge in [-0.15, -0.1) is 0 Å². The Bertz CT molecular complexity index is 777. The number of hydrogen-bond acceptors (Lipinski definition) is 2. The monoisotopic (exact) mass is 348 g/mol. The molecule has 26 heavy (non-hydrogen) atoms. The Morgan fingerprint density at radius 1 is 1.08 bits per heavy atom. The van der Waals surface area contributed by atoms with Gasteiger partial charge in [-0.1, -0.05) is 48.5 Å². The first-order valence-corrected chi connectivity index (χ1v) is 9.30. The molecule has 1 aliphatic carbocycles. The maximum Gasteiger partial charge on any atom is 0.118 e. The average Bonchev–Trinajstić information content (AvgIpc) is 2.66. The lowest BCUT2D eigenvalue weighted by Crippen LogP contribution is -2.16. The highest BCUT2D eigenvalue weighted by Gasteiger charge is 2.21. The van der Waals surface area contributed by atoms with Crippen LogP contribution in [0.3, 0.4) is 0 Å². The smallest absolute Gasteiger partial charge is 0.118 e. The summed E-state index contributed by atoms with van der Waals surface area (Å²) in [5.74, 6) is 1.43. The van der Waals surface area contributed by atoms with Crippen LogP contribution in [0.25, 0.3) is 5.57 Å². The molecule has 1 atom stereocenters. The second-order valence-corrected chi connectivity index (χ2v) is 7.55. The van der Waals surface area contributed by atoms with Gasteiger partial charge in [0.2, 0.25) is 0 Å². The van der Waals surface area contributed by atoms with E-state index in [4.69, 9.17) is 4.74 Å². The van der Waals surface area contributed by atoms with Crippen molar-refractivity contribution in [3.63, 3.8) is 0 Å². The molecule has 2 nitrogen and oxygen atoms in total. The highest BCUT2D eigenvalue weighted by Crippen LogP contribution is 2.38.